The minimum absolute atomic E-state index is 0.453. The van der Waals surface area contributed by atoms with Crippen LogP contribution in [0.1, 0.15) is 11.5 Å². The Kier molecular flexibility index (Phi) is 3.46. The van der Waals surface area contributed by atoms with Crippen molar-refractivity contribution in [2.75, 3.05) is 13.6 Å². The third-order valence-electron chi connectivity index (χ3n) is 1.91. The Labute approximate surface area is 77.4 Å². The van der Waals surface area contributed by atoms with Crippen LogP contribution in [-0.2, 0) is 4.79 Å². The summed E-state index contributed by atoms with van der Waals surface area (Å²) in [5, 5.41) is 11.8. The lowest BCUT2D eigenvalue weighted by molar-refractivity contribution is -0.138. The predicted octanol–water partition coefficient (Wildman–Crippen LogP) is 1.07. The van der Waals surface area contributed by atoms with E-state index in [9.17, 15) is 4.79 Å². The summed E-state index contributed by atoms with van der Waals surface area (Å²) in [6, 6.07) is 9.23. The maximum atomic E-state index is 10.8. The molecular weight excluding hydrogens is 166 g/mol. The normalized spacial score (nSPS) is 12.4. The Morgan fingerprint density at radius 3 is 2.54 bits per heavy atom. The van der Waals surface area contributed by atoms with Crippen molar-refractivity contribution in [3.63, 3.8) is 0 Å². The number of benzene rings is 1. The third kappa shape index (κ3) is 2.56. The first kappa shape index (κ1) is 9.74. The zero-order valence-corrected chi connectivity index (χ0v) is 7.53. The lowest BCUT2D eigenvalue weighted by Gasteiger charge is -2.11. The molecule has 0 unspecified atom stereocenters. The lowest BCUT2D eigenvalue weighted by Crippen LogP contribution is -2.23. The van der Waals surface area contributed by atoms with E-state index in [-0.39, 0.29) is 0 Å². The van der Waals surface area contributed by atoms with Crippen LogP contribution in [0.4, 0.5) is 0 Å². The summed E-state index contributed by atoms with van der Waals surface area (Å²) < 4.78 is 0. The highest BCUT2D eigenvalue weighted by Crippen LogP contribution is 2.14. The molecule has 3 heteroatoms. The van der Waals surface area contributed by atoms with Crippen LogP contribution in [0.3, 0.4) is 0 Å². The topological polar surface area (TPSA) is 49.3 Å². The van der Waals surface area contributed by atoms with E-state index in [1.54, 1.807) is 7.05 Å². The van der Waals surface area contributed by atoms with Crippen LogP contribution >= 0.6 is 0 Å². The van der Waals surface area contributed by atoms with Crippen molar-refractivity contribution in [3.8, 4) is 0 Å². The van der Waals surface area contributed by atoms with Gasteiger partial charge in [-0.1, -0.05) is 30.3 Å². The average molecular weight is 179 g/mol. The highest BCUT2D eigenvalue weighted by molar-refractivity contribution is 5.76. The van der Waals surface area contributed by atoms with Gasteiger partial charge in [0.15, 0.2) is 0 Å². The van der Waals surface area contributed by atoms with E-state index in [2.05, 4.69) is 5.32 Å². The Morgan fingerprint density at radius 2 is 2.08 bits per heavy atom. The number of carboxylic acids is 1. The van der Waals surface area contributed by atoms with Crippen LogP contribution in [0.15, 0.2) is 30.3 Å². The molecule has 0 aromatic heterocycles. The molecule has 0 heterocycles. The van der Waals surface area contributed by atoms with Crippen molar-refractivity contribution < 1.29 is 9.90 Å². The van der Waals surface area contributed by atoms with Crippen LogP contribution in [0.25, 0.3) is 0 Å². The molecule has 3 nitrogen and oxygen atoms in total. The molecule has 1 atom stereocenters. The Bertz CT molecular complexity index is 272. The lowest BCUT2D eigenvalue weighted by atomic mass is 9.99. The second-order valence-corrected chi connectivity index (χ2v) is 2.86. The number of carbonyl (C=O) groups is 1. The molecule has 0 radical (unpaired) electrons. The zero-order valence-electron chi connectivity index (χ0n) is 7.53. The number of rotatable bonds is 4. The summed E-state index contributed by atoms with van der Waals surface area (Å²) in [6.07, 6.45) is 0. The van der Waals surface area contributed by atoms with Gasteiger partial charge in [0.25, 0.3) is 0 Å². The first-order valence-corrected chi connectivity index (χ1v) is 4.18. The third-order valence-corrected chi connectivity index (χ3v) is 1.91. The van der Waals surface area contributed by atoms with Crippen LogP contribution in [0.2, 0.25) is 0 Å². The molecule has 0 aliphatic carbocycles. The van der Waals surface area contributed by atoms with Gasteiger partial charge in [0, 0.05) is 6.54 Å². The van der Waals surface area contributed by atoms with Gasteiger partial charge in [-0.2, -0.15) is 0 Å². The van der Waals surface area contributed by atoms with Gasteiger partial charge < -0.3 is 10.4 Å². The minimum Gasteiger partial charge on any atom is -0.481 e. The van der Waals surface area contributed by atoms with Crippen LogP contribution in [0.5, 0.6) is 0 Å². The average Bonchev–Trinajstić information content (AvgIpc) is 2.15. The van der Waals surface area contributed by atoms with E-state index in [0.717, 1.165) is 5.56 Å². The fourth-order valence-electron chi connectivity index (χ4n) is 1.24. The van der Waals surface area contributed by atoms with E-state index >= 15 is 0 Å². The molecule has 1 aromatic carbocycles. The summed E-state index contributed by atoms with van der Waals surface area (Å²) in [7, 11) is 1.75. The molecule has 0 aliphatic heterocycles. The molecule has 0 aliphatic rings. The predicted molar refractivity (Wildman–Crippen MR) is 50.7 cm³/mol. The van der Waals surface area contributed by atoms with Crippen molar-refractivity contribution >= 4 is 5.97 Å². The summed E-state index contributed by atoms with van der Waals surface area (Å²) in [5.41, 5.74) is 0.837. The van der Waals surface area contributed by atoms with Crippen molar-refractivity contribution in [1.82, 2.24) is 5.32 Å². The Balaban J connectivity index is 2.82. The quantitative estimate of drug-likeness (QED) is 0.727. The van der Waals surface area contributed by atoms with Gasteiger partial charge in [-0.25, -0.2) is 0 Å². The van der Waals surface area contributed by atoms with Gasteiger partial charge in [-0.3, -0.25) is 4.79 Å². The maximum Gasteiger partial charge on any atom is 0.312 e. The van der Waals surface area contributed by atoms with Crippen LogP contribution < -0.4 is 5.32 Å². The van der Waals surface area contributed by atoms with Gasteiger partial charge in [0.1, 0.15) is 0 Å². The van der Waals surface area contributed by atoms with E-state index in [4.69, 9.17) is 5.11 Å². The number of nitrogens with one attached hydrogen (secondary N) is 1. The van der Waals surface area contributed by atoms with E-state index < -0.39 is 11.9 Å². The van der Waals surface area contributed by atoms with E-state index in [1.807, 2.05) is 30.3 Å². The van der Waals surface area contributed by atoms with Crippen LogP contribution in [0, 0.1) is 0 Å². The molecule has 0 fully saturated rings. The summed E-state index contributed by atoms with van der Waals surface area (Å²) in [5.74, 6) is -1.24. The Hall–Kier alpha value is -1.35. The van der Waals surface area contributed by atoms with Crippen molar-refractivity contribution in [2.45, 2.75) is 5.92 Å². The fraction of sp³-hybridized carbons (Fsp3) is 0.300. The Morgan fingerprint density at radius 1 is 1.46 bits per heavy atom. The standard InChI is InChI=1S/C10H13NO2/c1-11-7-9(10(12)13)8-5-3-2-4-6-8/h2-6,9,11H,7H2,1H3,(H,12,13)/t9-/m1/s1. The maximum absolute atomic E-state index is 10.8. The number of hydrogen-bond acceptors (Lipinski definition) is 2. The summed E-state index contributed by atoms with van der Waals surface area (Å²) >= 11 is 0. The largest absolute Gasteiger partial charge is 0.481 e. The van der Waals surface area contributed by atoms with Gasteiger partial charge >= 0.3 is 5.97 Å². The number of hydrogen-bond donors (Lipinski definition) is 2. The summed E-state index contributed by atoms with van der Waals surface area (Å²) in [6.45, 7) is 0.458. The fourth-order valence-corrected chi connectivity index (χ4v) is 1.24. The molecular formula is C10H13NO2. The van der Waals surface area contributed by atoms with E-state index in [1.165, 1.54) is 0 Å². The first-order valence-electron chi connectivity index (χ1n) is 4.18. The van der Waals surface area contributed by atoms with Gasteiger partial charge in [0.2, 0.25) is 0 Å². The molecule has 13 heavy (non-hydrogen) atoms. The molecule has 0 amide bonds. The van der Waals surface area contributed by atoms with E-state index in [0.29, 0.717) is 6.54 Å². The van der Waals surface area contributed by atoms with Gasteiger partial charge in [-0.15, -0.1) is 0 Å². The van der Waals surface area contributed by atoms with Gasteiger partial charge in [0.05, 0.1) is 5.92 Å². The molecule has 0 saturated heterocycles. The van der Waals surface area contributed by atoms with Crippen molar-refractivity contribution in [3.05, 3.63) is 35.9 Å². The monoisotopic (exact) mass is 179 g/mol. The zero-order chi connectivity index (χ0) is 9.68. The molecule has 0 bridgehead atoms. The second kappa shape index (κ2) is 4.62. The SMILES string of the molecule is CNC[C@@H](C(=O)O)c1ccccc1. The highest BCUT2D eigenvalue weighted by atomic mass is 16.4. The minimum atomic E-state index is -0.791. The van der Waals surface area contributed by atoms with Crippen LogP contribution in [-0.4, -0.2) is 24.7 Å². The molecule has 0 saturated carbocycles. The number of carboxylic acid groups (broad SMARTS) is 1. The first-order chi connectivity index (χ1) is 6.25. The highest BCUT2D eigenvalue weighted by Gasteiger charge is 2.17. The number of aliphatic carboxylic acids is 1. The molecule has 1 rings (SSSR count). The number of likely N-dealkylation sites (N-methyl/N-ethyl adjacent to an activating group) is 1. The molecule has 70 valence electrons. The summed E-state index contributed by atoms with van der Waals surface area (Å²) in [4.78, 5) is 10.8. The molecule has 1 aromatic rings. The van der Waals surface area contributed by atoms with Gasteiger partial charge in [-0.05, 0) is 12.6 Å². The molecule has 0 spiro atoms. The van der Waals surface area contributed by atoms with Crippen molar-refractivity contribution in [1.29, 1.82) is 0 Å². The smallest absolute Gasteiger partial charge is 0.312 e. The second-order valence-electron chi connectivity index (χ2n) is 2.86. The molecule has 2 N–H and O–H groups in total. The van der Waals surface area contributed by atoms with Crippen molar-refractivity contribution in [2.24, 2.45) is 0 Å².